The van der Waals surface area contributed by atoms with Gasteiger partial charge in [-0.15, -0.1) is 0 Å². The van der Waals surface area contributed by atoms with Gasteiger partial charge < -0.3 is 0 Å². The van der Waals surface area contributed by atoms with E-state index in [1.165, 1.54) is 0 Å². The molecule has 0 saturated heterocycles. The summed E-state index contributed by atoms with van der Waals surface area (Å²) < 4.78 is 2.55. The first kappa shape index (κ1) is 13.9. The number of rotatable bonds is 2. The third-order valence-electron chi connectivity index (χ3n) is 3.06. The van der Waals surface area contributed by atoms with Gasteiger partial charge in [-0.25, -0.2) is 4.68 Å². The first-order valence-electron chi connectivity index (χ1n) is 6.20. The maximum atomic E-state index is 9.37. The monoisotopic (exact) mass is 357 g/mol. The second-order valence-electron chi connectivity index (χ2n) is 4.38. The largest absolute Gasteiger partial charge is 0.220 e. The van der Waals surface area contributed by atoms with Crippen LogP contribution in [-0.2, 0) is 0 Å². The molecule has 0 aliphatic rings. The van der Waals surface area contributed by atoms with E-state index in [1.807, 2.05) is 54.6 Å². The molecule has 2 aromatic carbocycles. The van der Waals surface area contributed by atoms with Crippen LogP contribution in [-0.4, -0.2) is 9.78 Å². The molecule has 0 spiro atoms. The number of nitriles is 1. The van der Waals surface area contributed by atoms with Gasteiger partial charge >= 0.3 is 0 Å². The molecule has 0 amide bonds. The molecule has 3 rings (SSSR count). The summed E-state index contributed by atoms with van der Waals surface area (Å²) in [5.41, 5.74) is 2.64. The number of aromatic nitrogens is 2. The van der Waals surface area contributed by atoms with E-state index in [0.717, 1.165) is 15.7 Å². The predicted molar refractivity (Wildman–Crippen MR) is 86.4 cm³/mol. The van der Waals surface area contributed by atoms with Gasteiger partial charge in [0.15, 0.2) is 5.15 Å². The molecule has 0 atom stereocenters. The van der Waals surface area contributed by atoms with E-state index < -0.39 is 0 Å². The van der Waals surface area contributed by atoms with Crippen molar-refractivity contribution in [3.63, 3.8) is 0 Å². The molecule has 21 heavy (non-hydrogen) atoms. The molecule has 0 radical (unpaired) electrons. The molecule has 0 unspecified atom stereocenters. The Morgan fingerprint density at radius 2 is 1.71 bits per heavy atom. The Morgan fingerprint density at radius 3 is 2.33 bits per heavy atom. The highest BCUT2D eigenvalue weighted by Gasteiger charge is 2.18. The SMILES string of the molecule is N#Cc1c(-c2ccccc2)nn(-c2ccc(Br)cc2)c1Cl. The van der Waals surface area contributed by atoms with Crippen molar-refractivity contribution >= 4 is 27.5 Å². The van der Waals surface area contributed by atoms with Crippen LogP contribution in [0.2, 0.25) is 5.15 Å². The Morgan fingerprint density at radius 1 is 1.05 bits per heavy atom. The van der Waals surface area contributed by atoms with E-state index in [-0.39, 0.29) is 0 Å². The Labute approximate surface area is 135 Å². The lowest BCUT2D eigenvalue weighted by Gasteiger charge is -2.02. The summed E-state index contributed by atoms with van der Waals surface area (Å²) in [4.78, 5) is 0. The predicted octanol–water partition coefficient (Wildman–Crippen LogP) is 4.83. The molecule has 3 nitrogen and oxygen atoms in total. The van der Waals surface area contributed by atoms with Crippen LogP contribution in [0.25, 0.3) is 16.9 Å². The van der Waals surface area contributed by atoms with Crippen molar-refractivity contribution in [2.45, 2.75) is 0 Å². The van der Waals surface area contributed by atoms with E-state index >= 15 is 0 Å². The fraction of sp³-hybridized carbons (Fsp3) is 0. The second-order valence-corrected chi connectivity index (χ2v) is 5.65. The van der Waals surface area contributed by atoms with Gasteiger partial charge in [-0.05, 0) is 24.3 Å². The summed E-state index contributed by atoms with van der Waals surface area (Å²) >= 11 is 9.71. The number of hydrogen-bond donors (Lipinski definition) is 0. The standard InChI is InChI=1S/C16H9BrClN3/c17-12-6-8-13(9-7-12)21-16(18)14(10-19)15(20-21)11-4-2-1-3-5-11/h1-9H. The molecule has 0 bridgehead atoms. The summed E-state index contributed by atoms with van der Waals surface area (Å²) in [6.07, 6.45) is 0. The molecular weight excluding hydrogens is 350 g/mol. The first-order chi connectivity index (χ1) is 10.2. The van der Waals surface area contributed by atoms with E-state index in [1.54, 1.807) is 4.68 Å². The van der Waals surface area contributed by atoms with Crippen LogP contribution in [0.3, 0.4) is 0 Å². The number of hydrogen-bond acceptors (Lipinski definition) is 2. The summed E-state index contributed by atoms with van der Waals surface area (Å²) in [5.74, 6) is 0. The third-order valence-corrected chi connectivity index (χ3v) is 3.94. The molecule has 0 N–H and O–H groups in total. The molecule has 0 aliphatic carbocycles. The van der Waals surface area contributed by atoms with Crippen LogP contribution in [0.4, 0.5) is 0 Å². The molecule has 1 heterocycles. The van der Waals surface area contributed by atoms with Crippen molar-refractivity contribution in [1.82, 2.24) is 9.78 Å². The normalized spacial score (nSPS) is 10.3. The van der Waals surface area contributed by atoms with Crippen LogP contribution in [0.5, 0.6) is 0 Å². The number of halogens is 2. The van der Waals surface area contributed by atoms with Crippen molar-refractivity contribution in [2.75, 3.05) is 0 Å². The first-order valence-corrected chi connectivity index (χ1v) is 7.38. The Hall–Kier alpha value is -2.09. The van der Waals surface area contributed by atoms with Crippen molar-refractivity contribution in [2.24, 2.45) is 0 Å². The average Bonchev–Trinajstić information content (AvgIpc) is 2.86. The molecule has 0 aliphatic heterocycles. The summed E-state index contributed by atoms with van der Waals surface area (Å²) in [6.45, 7) is 0. The molecular formula is C16H9BrClN3. The average molecular weight is 359 g/mol. The lowest BCUT2D eigenvalue weighted by Crippen LogP contribution is -1.96. The van der Waals surface area contributed by atoms with Gasteiger partial charge in [0, 0.05) is 10.0 Å². The van der Waals surface area contributed by atoms with Gasteiger partial charge in [0.05, 0.1) is 5.69 Å². The second kappa shape index (κ2) is 5.72. The minimum absolute atomic E-state index is 0.318. The van der Waals surface area contributed by atoms with Gasteiger partial charge in [0.1, 0.15) is 17.3 Å². The topological polar surface area (TPSA) is 41.6 Å². The Bertz CT molecular complexity index is 817. The molecule has 102 valence electrons. The van der Waals surface area contributed by atoms with Gasteiger partial charge in [-0.3, -0.25) is 0 Å². The summed E-state index contributed by atoms with van der Waals surface area (Å²) in [7, 11) is 0. The van der Waals surface area contributed by atoms with Crippen LogP contribution in [0.15, 0.2) is 59.1 Å². The minimum atomic E-state index is 0.318. The highest BCUT2D eigenvalue weighted by Crippen LogP contribution is 2.30. The van der Waals surface area contributed by atoms with Crippen molar-refractivity contribution in [1.29, 1.82) is 5.26 Å². The van der Waals surface area contributed by atoms with E-state index in [0.29, 0.717) is 16.4 Å². The molecule has 1 aromatic heterocycles. The summed E-state index contributed by atoms with van der Waals surface area (Å²) in [6, 6.07) is 19.3. The van der Waals surface area contributed by atoms with E-state index in [9.17, 15) is 5.26 Å². The van der Waals surface area contributed by atoms with Crippen LogP contribution < -0.4 is 0 Å². The lowest BCUT2D eigenvalue weighted by molar-refractivity contribution is 0.884. The maximum absolute atomic E-state index is 9.37. The van der Waals surface area contributed by atoms with Crippen LogP contribution in [0, 0.1) is 11.3 Å². The number of nitrogens with zero attached hydrogens (tertiary/aromatic N) is 3. The van der Waals surface area contributed by atoms with Crippen LogP contribution in [0.1, 0.15) is 5.56 Å². The quantitative estimate of drug-likeness (QED) is 0.658. The van der Waals surface area contributed by atoms with Gasteiger partial charge in [0.2, 0.25) is 0 Å². The summed E-state index contributed by atoms with van der Waals surface area (Å²) in [5, 5.41) is 14.2. The fourth-order valence-corrected chi connectivity index (χ4v) is 2.58. The van der Waals surface area contributed by atoms with Crippen molar-refractivity contribution in [3.05, 3.63) is 69.8 Å². The molecule has 0 saturated carbocycles. The molecule has 5 heteroatoms. The Balaban J connectivity index is 2.19. The van der Waals surface area contributed by atoms with Crippen molar-refractivity contribution < 1.29 is 0 Å². The van der Waals surface area contributed by atoms with Gasteiger partial charge in [-0.2, -0.15) is 10.4 Å². The zero-order valence-electron chi connectivity index (χ0n) is 10.8. The van der Waals surface area contributed by atoms with Gasteiger partial charge in [0.25, 0.3) is 0 Å². The zero-order chi connectivity index (χ0) is 14.8. The van der Waals surface area contributed by atoms with E-state index in [4.69, 9.17) is 11.6 Å². The van der Waals surface area contributed by atoms with Gasteiger partial charge in [-0.1, -0.05) is 57.9 Å². The maximum Gasteiger partial charge on any atom is 0.151 e. The molecule has 0 fully saturated rings. The minimum Gasteiger partial charge on any atom is -0.220 e. The van der Waals surface area contributed by atoms with Crippen molar-refractivity contribution in [3.8, 4) is 23.0 Å². The lowest BCUT2D eigenvalue weighted by atomic mass is 10.1. The fourth-order valence-electron chi connectivity index (χ4n) is 2.05. The van der Waals surface area contributed by atoms with E-state index in [2.05, 4.69) is 27.1 Å². The van der Waals surface area contributed by atoms with Crippen LogP contribution >= 0.6 is 27.5 Å². The Kier molecular flexibility index (Phi) is 3.78. The number of benzene rings is 2. The third kappa shape index (κ3) is 2.58. The zero-order valence-corrected chi connectivity index (χ0v) is 13.1. The highest BCUT2D eigenvalue weighted by atomic mass is 79.9. The smallest absolute Gasteiger partial charge is 0.151 e. The molecule has 3 aromatic rings. The highest BCUT2D eigenvalue weighted by molar-refractivity contribution is 9.10.